The zero-order chi connectivity index (χ0) is 18.1. The molecule has 1 unspecified atom stereocenters. The van der Waals surface area contributed by atoms with Crippen LogP contribution >= 0.6 is 0 Å². The first-order valence-corrected chi connectivity index (χ1v) is 8.71. The summed E-state index contributed by atoms with van der Waals surface area (Å²) in [7, 11) is 0. The largest absolute Gasteiger partial charge is 0.360 e. The molecule has 3 aromatic rings. The summed E-state index contributed by atoms with van der Waals surface area (Å²) in [6, 6.07) is 21.7. The number of rotatable bonds is 3. The summed E-state index contributed by atoms with van der Waals surface area (Å²) in [6.45, 7) is 2.11. The lowest BCUT2D eigenvalue weighted by atomic mass is 10.0. The Morgan fingerprint density at radius 1 is 0.962 bits per heavy atom. The fourth-order valence-electron chi connectivity index (χ4n) is 3.29. The van der Waals surface area contributed by atoms with Gasteiger partial charge >= 0.3 is 0 Å². The lowest BCUT2D eigenvalue weighted by Crippen LogP contribution is -2.43. The van der Waals surface area contributed by atoms with Gasteiger partial charge in [-0.25, -0.2) is 4.39 Å². The Morgan fingerprint density at radius 2 is 1.65 bits per heavy atom. The Balaban J connectivity index is 1.82. The van der Waals surface area contributed by atoms with Gasteiger partial charge in [0, 0.05) is 11.4 Å². The molecule has 1 amide bonds. The Labute approximate surface area is 152 Å². The fraction of sp³-hybridized carbons (Fsp3) is 0.136. The molecule has 0 radical (unpaired) electrons. The highest BCUT2D eigenvalue weighted by atomic mass is 19.1. The van der Waals surface area contributed by atoms with Crippen LogP contribution in [0.3, 0.4) is 0 Å². The summed E-state index contributed by atoms with van der Waals surface area (Å²) in [5, 5.41) is 3.46. The Hall–Kier alpha value is -3.14. The standard InChI is InChI=1S/C22H19FN2O/c1-2-15-7-9-16(10-8-15)21-24-20-6-4-3-5-19(20)22(26)25(21)18-13-11-17(23)12-14-18/h3-14,21,24H,2H2,1H3. The van der Waals surface area contributed by atoms with E-state index in [2.05, 4.69) is 24.4 Å². The second kappa shape index (κ2) is 6.64. The van der Waals surface area contributed by atoms with Crippen LogP contribution < -0.4 is 10.2 Å². The second-order valence-corrected chi connectivity index (χ2v) is 6.34. The zero-order valence-corrected chi connectivity index (χ0v) is 14.4. The van der Waals surface area contributed by atoms with Crippen LogP contribution in [-0.2, 0) is 6.42 Å². The number of aryl methyl sites for hydroxylation is 1. The molecule has 4 heteroatoms. The second-order valence-electron chi connectivity index (χ2n) is 6.34. The molecule has 0 spiro atoms. The van der Waals surface area contributed by atoms with Crippen LogP contribution in [0.1, 0.15) is 34.6 Å². The first-order valence-electron chi connectivity index (χ1n) is 8.71. The van der Waals surface area contributed by atoms with E-state index in [1.54, 1.807) is 23.1 Å². The monoisotopic (exact) mass is 346 g/mol. The maximum absolute atomic E-state index is 13.4. The van der Waals surface area contributed by atoms with E-state index in [1.807, 2.05) is 30.3 Å². The summed E-state index contributed by atoms with van der Waals surface area (Å²) in [5.41, 5.74) is 4.29. The van der Waals surface area contributed by atoms with Gasteiger partial charge in [-0.15, -0.1) is 0 Å². The van der Waals surface area contributed by atoms with E-state index >= 15 is 0 Å². The van der Waals surface area contributed by atoms with Gasteiger partial charge in [-0.05, 0) is 53.9 Å². The number of hydrogen-bond donors (Lipinski definition) is 1. The molecule has 0 saturated carbocycles. The van der Waals surface area contributed by atoms with Crippen molar-refractivity contribution in [2.24, 2.45) is 0 Å². The van der Waals surface area contributed by atoms with Gasteiger partial charge in [0.05, 0.1) is 5.56 Å². The summed E-state index contributed by atoms with van der Waals surface area (Å²) >= 11 is 0. The van der Waals surface area contributed by atoms with E-state index in [9.17, 15) is 9.18 Å². The van der Waals surface area contributed by atoms with Gasteiger partial charge in [-0.1, -0.05) is 43.3 Å². The van der Waals surface area contributed by atoms with Gasteiger partial charge in [0.1, 0.15) is 12.0 Å². The number of fused-ring (bicyclic) bond motifs is 1. The molecule has 130 valence electrons. The molecule has 0 saturated heterocycles. The molecule has 3 aromatic carbocycles. The normalized spacial score (nSPS) is 16.2. The average molecular weight is 346 g/mol. The predicted octanol–water partition coefficient (Wildman–Crippen LogP) is 5.16. The highest BCUT2D eigenvalue weighted by Gasteiger charge is 2.33. The maximum atomic E-state index is 13.4. The minimum Gasteiger partial charge on any atom is -0.360 e. The van der Waals surface area contributed by atoms with Crippen LogP contribution in [0.4, 0.5) is 15.8 Å². The molecule has 1 aliphatic rings. The van der Waals surface area contributed by atoms with Crippen molar-refractivity contribution in [3.8, 4) is 0 Å². The highest BCUT2D eigenvalue weighted by molar-refractivity contribution is 6.12. The summed E-state index contributed by atoms with van der Waals surface area (Å²) in [6.07, 6.45) is 0.607. The van der Waals surface area contributed by atoms with Crippen LogP contribution in [0.2, 0.25) is 0 Å². The molecule has 0 aromatic heterocycles. The van der Waals surface area contributed by atoms with Gasteiger partial charge in [0.2, 0.25) is 0 Å². The van der Waals surface area contributed by atoms with Gasteiger partial charge in [0.15, 0.2) is 0 Å². The van der Waals surface area contributed by atoms with E-state index in [4.69, 9.17) is 0 Å². The van der Waals surface area contributed by atoms with Crippen LogP contribution in [0, 0.1) is 5.82 Å². The average Bonchev–Trinajstić information content (AvgIpc) is 2.69. The number of carbonyl (C=O) groups excluding carboxylic acids is 1. The lowest BCUT2D eigenvalue weighted by Gasteiger charge is -2.38. The Kier molecular flexibility index (Phi) is 4.17. The number of benzene rings is 3. The first-order chi connectivity index (χ1) is 12.7. The number of para-hydroxylation sites is 1. The van der Waals surface area contributed by atoms with Crippen molar-refractivity contribution >= 4 is 17.3 Å². The minimum absolute atomic E-state index is 0.101. The van der Waals surface area contributed by atoms with E-state index in [-0.39, 0.29) is 17.9 Å². The molecule has 4 rings (SSSR count). The van der Waals surface area contributed by atoms with Crippen molar-refractivity contribution in [2.75, 3.05) is 10.2 Å². The summed E-state index contributed by atoms with van der Waals surface area (Å²) in [5.74, 6) is -0.425. The maximum Gasteiger partial charge on any atom is 0.262 e. The lowest BCUT2D eigenvalue weighted by molar-refractivity contribution is 0.0975. The molecule has 1 heterocycles. The predicted molar refractivity (Wildman–Crippen MR) is 102 cm³/mol. The molecule has 0 bridgehead atoms. The van der Waals surface area contributed by atoms with Crippen molar-refractivity contribution in [3.63, 3.8) is 0 Å². The first kappa shape index (κ1) is 16.3. The number of nitrogens with zero attached hydrogens (tertiary/aromatic N) is 1. The Morgan fingerprint density at radius 3 is 2.35 bits per heavy atom. The van der Waals surface area contributed by atoms with E-state index in [1.165, 1.54) is 17.7 Å². The zero-order valence-electron chi connectivity index (χ0n) is 14.4. The van der Waals surface area contributed by atoms with E-state index in [0.29, 0.717) is 11.3 Å². The van der Waals surface area contributed by atoms with Crippen LogP contribution in [-0.4, -0.2) is 5.91 Å². The third-order valence-corrected chi connectivity index (χ3v) is 4.74. The molecule has 1 aliphatic heterocycles. The minimum atomic E-state index is -0.353. The highest BCUT2D eigenvalue weighted by Crippen LogP contribution is 2.36. The molecule has 1 N–H and O–H groups in total. The number of anilines is 2. The van der Waals surface area contributed by atoms with E-state index < -0.39 is 0 Å². The molecule has 0 fully saturated rings. The molecule has 1 atom stereocenters. The van der Waals surface area contributed by atoms with Gasteiger partial charge < -0.3 is 5.32 Å². The number of nitrogens with one attached hydrogen (secondary N) is 1. The molecular weight excluding hydrogens is 327 g/mol. The van der Waals surface area contributed by atoms with Crippen molar-refractivity contribution in [1.29, 1.82) is 0 Å². The van der Waals surface area contributed by atoms with E-state index in [0.717, 1.165) is 17.7 Å². The van der Waals surface area contributed by atoms with Gasteiger partial charge in [-0.3, -0.25) is 9.69 Å². The van der Waals surface area contributed by atoms with Gasteiger partial charge in [-0.2, -0.15) is 0 Å². The van der Waals surface area contributed by atoms with Crippen molar-refractivity contribution in [1.82, 2.24) is 0 Å². The van der Waals surface area contributed by atoms with Crippen molar-refractivity contribution < 1.29 is 9.18 Å². The third-order valence-electron chi connectivity index (χ3n) is 4.74. The molecular formula is C22H19FN2O. The molecule has 3 nitrogen and oxygen atoms in total. The van der Waals surface area contributed by atoms with Gasteiger partial charge in [0.25, 0.3) is 5.91 Å². The van der Waals surface area contributed by atoms with Crippen LogP contribution in [0.25, 0.3) is 0 Å². The molecule has 26 heavy (non-hydrogen) atoms. The number of hydrogen-bond acceptors (Lipinski definition) is 2. The fourth-order valence-corrected chi connectivity index (χ4v) is 3.29. The smallest absolute Gasteiger partial charge is 0.262 e. The molecule has 0 aliphatic carbocycles. The van der Waals surface area contributed by atoms with Crippen LogP contribution in [0.5, 0.6) is 0 Å². The summed E-state index contributed by atoms with van der Waals surface area (Å²) in [4.78, 5) is 14.9. The summed E-state index contributed by atoms with van der Waals surface area (Å²) < 4.78 is 13.4. The topological polar surface area (TPSA) is 32.3 Å². The van der Waals surface area contributed by atoms with Crippen LogP contribution in [0.15, 0.2) is 72.8 Å². The SMILES string of the molecule is CCc1ccc(C2Nc3ccccc3C(=O)N2c2ccc(F)cc2)cc1. The Bertz CT molecular complexity index is 935. The van der Waals surface area contributed by atoms with Crippen molar-refractivity contribution in [3.05, 3.63) is 95.3 Å². The number of carbonyl (C=O) groups is 1. The third kappa shape index (κ3) is 2.84. The van der Waals surface area contributed by atoms with Crippen molar-refractivity contribution in [2.45, 2.75) is 19.5 Å². The number of amides is 1. The number of halogens is 1. The quantitative estimate of drug-likeness (QED) is 0.710.